The van der Waals surface area contributed by atoms with Crippen molar-refractivity contribution in [2.24, 2.45) is 5.92 Å². The van der Waals surface area contributed by atoms with Crippen molar-refractivity contribution in [2.75, 3.05) is 26.7 Å². The Labute approximate surface area is 145 Å². The summed E-state index contributed by atoms with van der Waals surface area (Å²) in [4.78, 5) is 14.3. The van der Waals surface area contributed by atoms with Gasteiger partial charge in [-0.25, -0.2) is 4.79 Å². The molecule has 1 aliphatic carbocycles. The Morgan fingerprint density at radius 1 is 1.21 bits per heavy atom. The third kappa shape index (κ3) is 4.43. The molecule has 1 saturated heterocycles. The molecule has 4 nitrogen and oxygen atoms in total. The molecule has 24 heavy (non-hydrogen) atoms. The quantitative estimate of drug-likeness (QED) is 0.796. The van der Waals surface area contributed by atoms with Gasteiger partial charge in [-0.2, -0.15) is 0 Å². The first-order valence-corrected chi connectivity index (χ1v) is 9.43. The van der Waals surface area contributed by atoms with Crippen LogP contribution in [-0.2, 0) is 0 Å². The molecule has 1 atom stereocenters. The van der Waals surface area contributed by atoms with Crippen LogP contribution in [0.15, 0.2) is 24.3 Å². The largest absolute Gasteiger partial charge is 0.497 e. The number of rotatable bonds is 6. The van der Waals surface area contributed by atoms with Crippen LogP contribution in [0.3, 0.4) is 0 Å². The molecule has 2 aliphatic rings. The van der Waals surface area contributed by atoms with Gasteiger partial charge in [0.15, 0.2) is 0 Å². The van der Waals surface area contributed by atoms with Crippen LogP contribution in [0.25, 0.3) is 0 Å². The Bertz CT molecular complexity index is 523. The maximum atomic E-state index is 12.3. The third-order valence-electron chi connectivity index (χ3n) is 5.60. The molecule has 2 fully saturated rings. The Balaban J connectivity index is 1.38. The lowest BCUT2D eigenvalue weighted by atomic mass is 9.98. The summed E-state index contributed by atoms with van der Waals surface area (Å²) in [6, 6.07) is 8.35. The molecule has 4 heteroatoms. The van der Waals surface area contributed by atoms with Gasteiger partial charge in [0.2, 0.25) is 0 Å². The Morgan fingerprint density at radius 3 is 2.67 bits per heavy atom. The van der Waals surface area contributed by atoms with Crippen LogP contribution in [0.1, 0.15) is 56.4 Å². The van der Waals surface area contributed by atoms with Gasteiger partial charge < -0.3 is 15.0 Å². The van der Waals surface area contributed by atoms with E-state index in [2.05, 4.69) is 17.4 Å². The van der Waals surface area contributed by atoms with Crippen molar-refractivity contribution in [3.63, 3.8) is 0 Å². The van der Waals surface area contributed by atoms with Gasteiger partial charge in [-0.05, 0) is 42.9 Å². The molecule has 2 amide bonds. The highest BCUT2D eigenvalue weighted by Gasteiger charge is 2.27. The number of amides is 2. The van der Waals surface area contributed by atoms with Gasteiger partial charge in [0.05, 0.1) is 7.11 Å². The average Bonchev–Trinajstić information content (AvgIpc) is 3.30. The summed E-state index contributed by atoms with van der Waals surface area (Å²) in [5.74, 6) is 2.24. The number of benzene rings is 1. The van der Waals surface area contributed by atoms with Gasteiger partial charge in [0.1, 0.15) is 5.75 Å². The van der Waals surface area contributed by atoms with E-state index in [-0.39, 0.29) is 6.03 Å². The third-order valence-corrected chi connectivity index (χ3v) is 5.60. The summed E-state index contributed by atoms with van der Waals surface area (Å²) in [6.45, 7) is 2.49. The van der Waals surface area contributed by atoms with E-state index in [1.807, 2.05) is 17.0 Å². The Kier molecular flexibility index (Phi) is 6.00. The highest BCUT2D eigenvalue weighted by molar-refractivity contribution is 5.74. The molecule has 0 radical (unpaired) electrons. The van der Waals surface area contributed by atoms with Crippen LogP contribution in [0.2, 0.25) is 0 Å². The van der Waals surface area contributed by atoms with E-state index in [1.165, 1.54) is 37.7 Å². The number of urea groups is 1. The van der Waals surface area contributed by atoms with Crippen LogP contribution in [-0.4, -0.2) is 37.7 Å². The molecular weight excluding hydrogens is 300 g/mol. The van der Waals surface area contributed by atoms with Crippen molar-refractivity contribution in [1.82, 2.24) is 10.2 Å². The van der Waals surface area contributed by atoms with Gasteiger partial charge in [0.25, 0.3) is 0 Å². The van der Waals surface area contributed by atoms with Gasteiger partial charge in [-0.3, -0.25) is 0 Å². The minimum Gasteiger partial charge on any atom is -0.497 e. The first kappa shape index (κ1) is 17.1. The van der Waals surface area contributed by atoms with E-state index in [1.54, 1.807) is 7.11 Å². The number of nitrogens with one attached hydrogen (secondary N) is 1. The van der Waals surface area contributed by atoms with Crippen molar-refractivity contribution in [2.45, 2.75) is 50.9 Å². The standard InChI is InChI=1S/C20H30N2O2/c1-24-19-10-8-17(9-11-19)18-12-14-22(15-18)20(23)21-13-4-7-16-5-2-3-6-16/h8-11,16,18H,2-7,12-15H2,1H3,(H,21,23). The first-order chi connectivity index (χ1) is 11.8. The minimum atomic E-state index is 0.109. The van der Waals surface area contributed by atoms with E-state index in [4.69, 9.17) is 4.74 Å². The summed E-state index contributed by atoms with van der Waals surface area (Å²) in [6.07, 6.45) is 9.02. The van der Waals surface area contributed by atoms with Crippen LogP contribution in [0.4, 0.5) is 4.79 Å². The SMILES string of the molecule is COc1ccc(C2CCN(C(=O)NCCCC3CCCC3)C2)cc1. The molecule has 0 bridgehead atoms. The smallest absolute Gasteiger partial charge is 0.317 e. The fourth-order valence-corrected chi connectivity index (χ4v) is 4.09. The molecule has 132 valence electrons. The van der Waals surface area contributed by atoms with Crippen molar-refractivity contribution in [3.8, 4) is 5.75 Å². The highest BCUT2D eigenvalue weighted by atomic mass is 16.5. The summed E-state index contributed by atoms with van der Waals surface area (Å²) < 4.78 is 5.21. The molecule has 3 rings (SSSR count). The predicted octanol–water partition coefficient (Wildman–Crippen LogP) is 4.16. The van der Waals surface area contributed by atoms with Crippen LogP contribution in [0, 0.1) is 5.92 Å². The maximum absolute atomic E-state index is 12.3. The van der Waals surface area contributed by atoms with E-state index in [0.717, 1.165) is 44.1 Å². The van der Waals surface area contributed by atoms with Crippen molar-refractivity contribution in [1.29, 1.82) is 0 Å². The molecule has 1 aliphatic heterocycles. The van der Waals surface area contributed by atoms with Gasteiger partial charge in [-0.15, -0.1) is 0 Å². The normalized spacial score (nSPS) is 21.2. The zero-order chi connectivity index (χ0) is 16.8. The molecule has 0 aromatic heterocycles. The number of methoxy groups -OCH3 is 1. The fourth-order valence-electron chi connectivity index (χ4n) is 4.09. The van der Waals surface area contributed by atoms with Gasteiger partial charge >= 0.3 is 6.03 Å². The number of carbonyl (C=O) groups is 1. The molecule has 1 aromatic carbocycles. The Morgan fingerprint density at radius 2 is 1.96 bits per heavy atom. The van der Waals surface area contributed by atoms with E-state index in [9.17, 15) is 4.79 Å². The molecule has 1 heterocycles. The second-order valence-electron chi connectivity index (χ2n) is 7.23. The van der Waals surface area contributed by atoms with E-state index in [0.29, 0.717) is 5.92 Å². The average molecular weight is 330 g/mol. The van der Waals surface area contributed by atoms with Crippen LogP contribution < -0.4 is 10.1 Å². The highest BCUT2D eigenvalue weighted by Crippen LogP contribution is 2.29. The summed E-state index contributed by atoms with van der Waals surface area (Å²) in [7, 11) is 1.68. The lowest BCUT2D eigenvalue weighted by Crippen LogP contribution is -2.38. The zero-order valence-electron chi connectivity index (χ0n) is 14.8. The number of likely N-dealkylation sites (tertiary alicyclic amines) is 1. The second-order valence-corrected chi connectivity index (χ2v) is 7.23. The number of carbonyl (C=O) groups excluding carboxylic acids is 1. The van der Waals surface area contributed by atoms with E-state index < -0.39 is 0 Å². The lowest BCUT2D eigenvalue weighted by Gasteiger charge is -2.18. The van der Waals surface area contributed by atoms with Crippen molar-refractivity contribution in [3.05, 3.63) is 29.8 Å². The molecular formula is C20H30N2O2. The molecule has 1 unspecified atom stereocenters. The maximum Gasteiger partial charge on any atom is 0.317 e. The predicted molar refractivity (Wildman–Crippen MR) is 96.5 cm³/mol. The minimum absolute atomic E-state index is 0.109. The number of hydrogen-bond acceptors (Lipinski definition) is 2. The first-order valence-electron chi connectivity index (χ1n) is 9.43. The lowest BCUT2D eigenvalue weighted by molar-refractivity contribution is 0.208. The number of nitrogens with zero attached hydrogens (tertiary/aromatic N) is 1. The Hall–Kier alpha value is -1.71. The summed E-state index contributed by atoms with van der Waals surface area (Å²) in [5, 5.41) is 3.11. The number of hydrogen-bond donors (Lipinski definition) is 1. The summed E-state index contributed by atoms with van der Waals surface area (Å²) >= 11 is 0. The zero-order valence-corrected chi connectivity index (χ0v) is 14.8. The fraction of sp³-hybridized carbons (Fsp3) is 0.650. The second kappa shape index (κ2) is 8.41. The monoisotopic (exact) mass is 330 g/mol. The van der Waals surface area contributed by atoms with Gasteiger partial charge in [0, 0.05) is 25.6 Å². The molecule has 1 aromatic rings. The molecule has 1 N–H and O–H groups in total. The van der Waals surface area contributed by atoms with Crippen molar-refractivity contribution >= 4 is 6.03 Å². The topological polar surface area (TPSA) is 41.6 Å². The van der Waals surface area contributed by atoms with Crippen LogP contribution in [0.5, 0.6) is 5.75 Å². The molecule has 1 saturated carbocycles. The van der Waals surface area contributed by atoms with Crippen LogP contribution >= 0.6 is 0 Å². The summed E-state index contributed by atoms with van der Waals surface area (Å²) in [5.41, 5.74) is 1.30. The van der Waals surface area contributed by atoms with Crippen molar-refractivity contribution < 1.29 is 9.53 Å². The number of ether oxygens (including phenoxy) is 1. The van der Waals surface area contributed by atoms with Gasteiger partial charge in [-0.1, -0.05) is 37.8 Å². The molecule has 0 spiro atoms. The van der Waals surface area contributed by atoms with E-state index >= 15 is 0 Å².